The maximum atomic E-state index is 11.6. The van der Waals surface area contributed by atoms with E-state index >= 15 is 0 Å². The molecule has 4 amide bonds. The smallest absolute Gasteiger partial charge is 0.407 e. The van der Waals surface area contributed by atoms with Crippen molar-refractivity contribution in [2.24, 2.45) is 5.73 Å². The van der Waals surface area contributed by atoms with Crippen LogP contribution in [-0.2, 0) is 9.53 Å². The molecule has 1 fully saturated rings. The molecule has 1 saturated heterocycles. The Morgan fingerprint density at radius 3 is 2.44 bits per heavy atom. The van der Waals surface area contributed by atoms with Crippen LogP contribution >= 0.6 is 0 Å². The third kappa shape index (κ3) is 3.33. The van der Waals surface area contributed by atoms with E-state index in [1.54, 1.807) is 20.8 Å². The Hall–Kier alpha value is -1.83. The number of amides is 4. The van der Waals surface area contributed by atoms with Crippen molar-refractivity contribution in [2.75, 3.05) is 13.1 Å². The quantitative estimate of drug-likeness (QED) is 0.486. The number of hydrogen-bond acceptors (Lipinski definition) is 5. The molecule has 18 heavy (non-hydrogen) atoms. The third-order valence-electron chi connectivity index (χ3n) is 2.30. The zero-order valence-electron chi connectivity index (χ0n) is 10.6. The molecule has 0 spiro atoms. The molecule has 0 saturated carbocycles. The summed E-state index contributed by atoms with van der Waals surface area (Å²) in [5, 5.41) is 6.87. The summed E-state index contributed by atoms with van der Waals surface area (Å²) in [6, 6.07) is -0.628. The van der Waals surface area contributed by atoms with Crippen molar-refractivity contribution in [3.05, 3.63) is 0 Å². The molecule has 0 aromatic carbocycles. The fraction of sp³-hybridized carbons (Fsp3) is 0.700. The van der Waals surface area contributed by atoms with Gasteiger partial charge in [0, 0.05) is 6.54 Å². The molecule has 0 bridgehead atoms. The average Bonchev–Trinajstić information content (AvgIpc) is 2.49. The van der Waals surface area contributed by atoms with Crippen molar-refractivity contribution in [3.63, 3.8) is 0 Å². The minimum absolute atomic E-state index is 0.125. The Morgan fingerprint density at radius 2 is 2.06 bits per heavy atom. The molecule has 0 aromatic rings. The topological polar surface area (TPSA) is 123 Å². The Bertz CT molecular complexity index is 377. The molecule has 5 N–H and O–H groups in total. The number of carbonyl (C=O) groups is 3. The maximum Gasteiger partial charge on any atom is 0.407 e. The molecular formula is C10H18N4O4. The molecule has 8 nitrogen and oxygen atoms in total. The van der Waals surface area contributed by atoms with E-state index in [9.17, 15) is 14.4 Å². The van der Waals surface area contributed by atoms with Crippen LogP contribution < -0.4 is 21.7 Å². The highest BCUT2D eigenvalue weighted by Gasteiger charge is 2.45. The lowest BCUT2D eigenvalue weighted by Gasteiger charge is -2.25. The largest absolute Gasteiger partial charge is 0.444 e. The van der Waals surface area contributed by atoms with Gasteiger partial charge in [0.25, 0.3) is 5.91 Å². The molecule has 0 aliphatic carbocycles. The van der Waals surface area contributed by atoms with E-state index in [-0.39, 0.29) is 13.1 Å². The average molecular weight is 258 g/mol. The normalized spacial score (nSPS) is 23.3. The van der Waals surface area contributed by atoms with E-state index in [0.29, 0.717) is 0 Å². The summed E-state index contributed by atoms with van der Waals surface area (Å²) in [4.78, 5) is 34.1. The number of carbonyl (C=O) groups excluding carboxylic acids is 3. The molecule has 0 aromatic heterocycles. The summed E-state index contributed by atoms with van der Waals surface area (Å²) in [7, 11) is 0. The van der Waals surface area contributed by atoms with Gasteiger partial charge >= 0.3 is 12.1 Å². The summed E-state index contributed by atoms with van der Waals surface area (Å²) >= 11 is 0. The summed E-state index contributed by atoms with van der Waals surface area (Å²) < 4.78 is 5.01. The van der Waals surface area contributed by atoms with E-state index in [2.05, 4.69) is 16.0 Å². The number of urea groups is 1. The second-order valence-corrected chi connectivity index (χ2v) is 5.05. The fourth-order valence-electron chi connectivity index (χ4n) is 1.41. The van der Waals surface area contributed by atoms with Gasteiger partial charge in [-0.3, -0.25) is 10.1 Å². The predicted octanol–water partition coefficient (Wildman–Crippen LogP) is -0.952. The zero-order valence-corrected chi connectivity index (χ0v) is 10.6. The van der Waals surface area contributed by atoms with Crippen LogP contribution in [0.3, 0.4) is 0 Å². The number of nitrogens with two attached hydrogens (primary N) is 1. The molecule has 102 valence electrons. The van der Waals surface area contributed by atoms with Crippen molar-refractivity contribution in [1.82, 2.24) is 16.0 Å². The Labute approximate surface area is 105 Å². The first-order valence-corrected chi connectivity index (χ1v) is 5.49. The number of hydrogen-bond donors (Lipinski definition) is 4. The van der Waals surface area contributed by atoms with Gasteiger partial charge in [-0.15, -0.1) is 0 Å². The van der Waals surface area contributed by atoms with Crippen LogP contribution in [0.1, 0.15) is 20.8 Å². The molecule has 0 radical (unpaired) electrons. The Kier molecular flexibility index (Phi) is 3.80. The van der Waals surface area contributed by atoms with E-state index in [0.717, 1.165) is 0 Å². The number of alkyl carbamates (subject to hydrolysis) is 1. The fourth-order valence-corrected chi connectivity index (χ4v) is 1.41. The number of imide groups is 1. The van der Waals surface area contributed by atoms with Crippen LogP contribution in [0.25, 0.3) is 0 Å². The van der Waals surface area contributed by atoms with Gasteiger partial charge in [-0.25, -0.2) is 9.59 Å². The van der Waals surface area contributed by atoms with Gasteiger partial charge in [0.05, 0.1) is 6.54 Å². The first-order chi connectivity index (χ1) is 8.18. The summed E-state index contributed by atoms with van der Waals surface area (Å²) in [6.07, 6.45) is -0.677. The second kappa shape index (κ2) is 4.81. The molecule has 1 unspecified atom stereocenters. The first kappa shape index (κ1) is 14.2. The van der Waals surface area contributed by atoms with Crippen LogP contribution in [0.2, 0.25) is 0 Å². The number of ether oxygens (including phenoxy) is 1. The monoisotopic (exact) mass is 258 g/mol. The van der Waals surface area contributed by atoms with Crippen LogP contribution in [0, 0.1) is 0 Å². The highest BCUT2D eigenvalue weighted by atomic mass is 16.6. The van der Waals surface area contributed by atoms with Crippen molar-refractivity contribution in [2.45, 2.75) is 31.9 Å². The molecule has 1 rings (SSSR count). The van der Waals surface area contributed by atoms with Crippen molar-refractivity contribution in [1.29, 1.82) is 0 Å². The minimum atomic E-state index is -1.31. The molecule has 8 heteroatoms. The van der Waals surface area contributed by atoms with Gasteiger partial charge in [-0.05, 0) is 20.8 Å². The van der Waals surface area contributed by atoms with Gasteiger partial charge in [0.15, 0.2) is 5.54 Å². The summed E-state index contributed by atoms with van der Waals surface area (Å²) in [5.41, 5.74) is 3.52. The second-order valence-electron chi connectivity index (χ2n) is 5.05. The lowest BCUT2D eigenvalue weighted by atomic mass is 10.0. The van der Waals surface area contributed by atoms with Gasteiger partial charge in [0.1, 0.15) is 5.60 Å². The Balaban J connectivity index is 2.58. The molecule has 1 atom stereocenters. The van der Waals surface area contributed by atoms with Crippen LogP contribution in [0.15, 0.2) is 0 Å². The van der Waals surface area contributed by atoms with Crippen molar-refractivity contribution >= 4 is 18.0 Å². The third-order valence-corrected chi connectivity index (χ3v) is 2.30. The molecule has 1 aliphatic heterocycles. The highest BCUT2D eigenvalue weighted by molar-refractivity contribution is 6.07. The van der Waals surface area contributed by atoms with Crippen molar-refractivity contribution in [3.8, 4) is 0 Å². The standard InChI is InChI=1S/C10H18N4O4/c1-9(2,3)18-8(17)12-5-10(4-11)6(15)13-7(16)14-10/h4-5,11H2,1-3H3,(H,12,17)(H2,13,14,15,16). The van der Waals surface area contributed by atoms with Gasteiger partial charge in [0.2, 0.25) is 0 Å². The van der Waals surface area contributed by atoms with E-state index < -0.39 is 29.2 Å². The SMILES string of the molecule is CC(C)(C)OC(=O)NCC1(CN)NC(=O)NC1=O. The first-order valence-electron chi connectivity index (χ1n) is 5.49. The van der Waals surface area contributed by atoms with E-state index in [1.165, 1.54) is 0 Å². The summed E-state index contributed by atoms with van der Waals surface area (Å²) in [5.74, 6) is -0.564. The van der Waals surface area contributed by atoms with Gasteiger partial charge < -0.3 is 21.1 Å². The van der Waals surface area contributed by atoms with Gasteiger partial charge in [-0.1, -0.05) is 0 Å². The highest BCUT2D eigenvalue weighted by Crippen LogP contribution is 2.09. The minimum Gasteiger partial charge on any atom is -0.444 e. The number of rotatable bonds is 3. The van der Waals surface area contributed by atoms with Gasteiger partial charge in [-0.2, -0.15) is 0 Å². The molecule has 1 heterocycles. The lowest BCUT2D eigenvalue weighted by Crippen LogP contribution is -2.60. The van der Waals surface area contributed by atoms with E-state index in [1.807, 2.05) is 0 Å². The molecule has 1 aliphatic rings. The predicted molar refractivity (Wildman–Crippen MR) is 62.7 cm³/mol. The Morgan fingerprint density at radius 1 is 1.44 bits per heavy atom. The van der Waals surface area contributed by atoms with Crippen LogP contribution in [0.5, 0.6) is 0 Å². The summed E-state index contributed by atoms with van der Waals surface area (Å²) in [6.45, 7) is 4.90. The lowest BCUT2D eigenvalue weighted by molar-refractivity contribution is -0.123. The van der Waals surface area contributed by atoms with Crippen LogP contribution in [0.4, 0.5) is 9.59 Å². The van der Waals surface area contributed by atoms with E-state index in [4.69, 9.17) is 10.5 Å². The number of nitrogens with one attached hydrogen (secondary N) is 3. The molecular weight excluding hydrogens is 240 g/mol. The van der Waals surface area contributed by atoms with Crippen molar-refractivity contribution < 1.29 is 19.1 Å². The van der Waals surface area contributed by atoms with Crippen LogP contribution in [-0.4, -0.2) is 42.3 Å². The zero-order chi connectivity index (χ0) is 14.0. The maximum absolute atomic E-state index is 11.6.